The zero-order valence-corrected chi connectivity index (χ0v) is 12.6. The molecule has 7 heteroatoms. The van der Waals surface area contributed by atoms with Crippen LogP contribution in [-0.2, 0) is 9.59 Å². The normalized spacial score (nSPS) is 22.1. The maximum atomic E-state index is 11.9. The second-order valence-electron chi connectivity index (χ2n) is 6.51. The highest BCUT2D eigenvalue weighted by molar-refractivity contribution is 6.06. The molecule has 0 bridgehead atoms. The van der Waals surface area contributed by atoms with Crippen LogP contribution >= 0.6 is 0 Å². The van der Waals surface area contributed by atoms with Crippen molar-refractivity contribution < 1.29 is 19.5 Å². The number of aliphatic hydroxyl groups excluding tert-OH is 1. The molecule has 1 heterocycles. The summed E-state index contributed by atoms with van der Waals surface area (Å²) < 4.78 is 0. The van der Waals surface area contributed by atoms with Crippen LogP contribution in [0, 0.1) is 5.41 Å². The summed E-state index contributed by atoms with van der Waals surface area (Å²) in [7, 11) is 0. The third-order valence-electron chi connectivity index (χ3n) is 4.27. The first-order valence-electron chi connectivity index (χ1n) is 7.31. The molecule has 0 aromatic heterocycles. The summed E-state index contributed by atoms with van der Waals surface area (Å²) in [5.74, 6) is -0.483. The minimum absolute atomic E-state index is 0.0627. The van der Waals surface area contributed by atoms with Crippen LogP contribution in [0.3, 0.4) is 0 Å². The van der Waals surface area contributed by atoms with Crippen LogP contribution in [0.15, 0.2) is 0 Å². The number of rotatable bonds is 7. The van der Waals surface area contributed by atoms with E-state index in [9.17, 15) is 14.4 Å². The molecule has 2 rings (SSSR count). The monoisotopic (exact) mass is 297 g/mol. The average molecular weight is 297 g/mol. The van der Waals surface area contributed by atoms with Gasteiger partial charge in [-0.3, -0.25) is 14.5 Å². The number of aliphatic hydroxyl groups is 1. The lowest BCUT2D eigenvalue weighted by atomic mass is 10.0. The smallest absolute Gasteiger partial charge is 0.325 e. The summed E-state index contributed by atoms with van der Waals surface area (Å²) in [6.07, 6.45) is 2.85. The Labute approximate surface area is 124 Å². The number of amides is 4. The molecule has 1 saturated carbocycles. The van der Waals surface area contributed by atoms with Crippen molar-refractivity contribution >= 4 is 17.8 Å². The topological polar surface area (TPSA) is 98.7 Å². The molecular weight excluding hydrogens is 274 g/mol. The summed E-state index contributed by atoms with van der Waals surface area (Å²) in [5, 5.41) is 14.4. The lowest BCUT2D eigenvalue weighted by molar-refractivity contribution is -0.130. The molecule has 118 valence electrons. The van der Waals surface area contributed by atoms with E-state index in [1.807, 2.05) is 0 Å². The summed E-state index contributed by atoms with van der Waals surface area (Å²) >= 11 is 0. The molecule has 0 aromatic rings. The van der Waals surface area contributed by atoms with Crippen LogP contribution in [0.4, 0.5) is 4.79 Å². The third kappa shape index (κ3) is 3.53. The number of urea groups is 1. The van der Waals surface area contributed by atoms with Crippen molar-refractivity contribution in [2.24, 2.45) is 5.41 Å². The van der Waals surface area contributed by atoms with Gasteiger partial charge in [-0.2, -0.15) is 0 Å². The maximum absolute atomic E-state index is 11.9. The molecule has 7 nitrogen and oxygen atoms in total. The van der Waals surface area contributed by atoms with Gasteiger partial charge in [-0.15, -0.1) is 0 Å². The molecule has 2 fully saturated rings. The van der Waals surface area contributed by atoms with Gasteiger partial charge in [0.1, 0.15) is 5.54 Å². The predicted molar refractivity (Wildman–Crippen MR) is 75.3 cm³/mol. The van der Waals surface area contributed by atoms with E-state index in [1.54, 1.807) is 13.8 Å². The first-order chi connectivity index (χ1) is 9.80. The van der Waals surface area contributed by atoms with Gasteiger partial charge in [0.2, 0.25) is 5.91 Å². The summed E-state index contributed by atoms with van der Waals surface area (Å²) in [6.45, 7) is 4.05. The standard InChI is InChI=1S/C14H23N3O4/c1-13(2)11(20)17(12(21)16-13)7-3-10(19)15-9-14(4-5-14)6-8-18/h18H,3-9H2,1-2H3,(H,15,19)(H,16,21). The van der Waals surface area contributed by atoms with Gasteiger partial charge in [0.05, 0.1) is 0 Å². The van der Waals surface area contributed by atoms with Gasteiger partial charge >= 0.3 is 6.03 Å². The van der Waals surface area contributed by atoms with E-state index < -0.39 is 11.6 Å². The molecule has 1 aliphatic carbocycles. The van der Waals surface area contributed by atoms with E-state index in [-0.39, 0.29) is 36.8 Å². The summed E-state index contributed by atoms with van der Waals surface area (Å²) in [4.78, 5) is 36.5. The molecule has 0 radical (unpaired) electrons. The average Bonchev–Trinajstić information content (AvgIpc) is 3.12. The molecule has 4 amide bonds. The number of hydrogen-bond donors (Lipinski definition) is 3. The molecule has 1 saturated heterocycles. The fourth-order valence-electron chi connectivity index (χ4n) is 2.54. The quantitative estimate of drug-likeness (QED) is 0.575. The highest BCUT2D eigenvalue weighted by Gasteiger charge is 2.44. The minimum Gasteiger partial charge on any atom is -0.396 e. The molecule has 0 unspecified atom stereocenters. The fraction of sp³-hybridized carbons (Fsp3) is 0.786. The van der Waals surface area contributed by atoms with E-state index in [2.05, 4.69) is 10.6 Å². The number of nitrogens with one attached hydrogen (secondary N) is 2. The van der Waals surface area contributed by atoms with Crippen molar-refractivity contribution in [2.45, 2.75) is 45.1 Å². The minimum atomic E-state index is -0.896. The van der Waals surface area contributed by atoms with Crippen molar-refractivity contribution in [3.8, 4) is 0 Å². The number of imide groups is 1. The van der Waals surface area contributed by atoms with E-state index >= 15 is 0 Å². The molecule has 0 atom stereocenters. The lowest BCUT2D eigenvalue weighted by Crippen LogP contribution is -2.41. The summed E-state index contributed by atoms with van der Waals surface area (Å²) in [5.41, 5.74) is -0.833. The number of nitrogens with zero attached hydrogens (tertiary/aromatic N) is 1. The second-order valence-corrected chi connectivity index (χ2v) is 6.51. The first kappa shape index (κ1) is 15.8. The predicted octanol–water partition coefficient (Wildman–Crippen LogP) is -0.0143. The van der Waals surface area contributed by atoms with Gasteiger partial charge in [0.25, 0.3) is 5.91 Å². The van der Waals surface area contributed by atoms with Gasteiger partial charge < -0.3 is 15.7 Å². The molecule has 1 aliphatic heterocycles. The highest BCUT2D eigenvalue weighted by Crippen LogP contribution is 2.47. The van der Waals surface area contributed by atoms with Crippen LogP contribution in [0.5, 0.6) is 0 Å². The van der Waals surface area contributed by atoms with E-state index in [1.165, 1.54) is 0 Å². The summed E-state index contributed by atoms with van der Waals surface area (Å²) in [6, 6.07) is -0.447. The van der Waals surface area contributed by atoms with Crippen molar-refractivity contribution in [3.63, 3.8) is 0 Å². The zero-order chi connectivity index (χ0) is 15.7. The molecule has 2 aliphatic rings. The SMILES string of the molecule is CC1(C)NC(=O)N(CCC(=O)NCC2(CCO)CC2)C1=O. The Bertz CT molecular complexity index is 457. The number of hydrogen-bond acceptors (Lipinski definition) is 4. The third-order valence-corrected chi connectivity index (χ3v) is 4.27. The molecule has 0 aromatic carbocycles. The van der Waals surface area contributed by atoms with Gasteiger partial charge in [-0.25, -0.2) is 4.79 Å². The first-order valence-corrected chi connectivity index (χ1v) is 7.31. The molecule has 21 heavy (non-hydrogen) atoms. The molecular formula is C14H23N3O4. The van der Waals surface area contributed by atoms with Gasteiger partial charge in [-0.1, -0.05) is 0 Å². The van der Waals surface area contributed by atoms with Gasteiger partial charge in [-0.05, 0) is 38.5 Å². The Balaban J connectivity index is 1.75. The highest BCUT2D eigenvalue weighted by atomic mass is 16.3. The Kier molecular flexibility index (Phi) is 4.22. The largest absolute Gasteiger partial charge is 0.396 e. The van der Waals surface area contributed by atoms with Gasteiger partial charge in [0, 0.05) is 26.1 Å². The zero-order valence-electron chi connectivity index (χ0n) is 12.6. The lowest BCUT2D eigenvalue weighted by Gasteiger charge is -2.17. The van der Waals surface area contributed by atoms with Gasteiger partial charge in [0.15, 0.2) is 0 Å². The molecule has 0 spiro atoms. The van der Waals surface area contributed by atoms with Crippen LogP contribution < -0.4 is 10.6 Å². The Morgan fingerprint density at radius 2 is 2.05 bits per heavy atom. The van der Waals surface area contributed by atoms with Crippen LogP contribution in [0.25, 0.3) is 0 Å². The fourth-order valence-corrected chi connectivity index (χ4v) is 2.54. The van der Waals surface area contributed by atoms with Crippen molar-refractivity contribution in [1.29, 1.82) is 0 Å². The van der Waals surface area contributed by atoms with Crippen molar-refractivity contribution in [3.05, 3.63) is 0 Å². The number of carbonyl (C=O) groups excluding carboxylic acids is 3. The Hall–Kier alpha value is -1.63. The number of carbonyl (C=O) groups is 3. The second kappa shape index (κ2) is 5.63. The van der Waals surface area contributed by atoms with E-state index in [4.69, 9.17) is 5.11 Å². The molecule has 3 N–H and O–H groups in total. The maximum Gasteiger partial charge on any atom is 0.325 e. The van der Waals surface area contributed by atoms with Crippen molar-refractivity contribution in [1.82, 2.24) is 15.5 Å². The van der Waals surface area contributed by atoms with Crippen LogP contribution in [0.2, 0.25) is 0 Å². The Morgan fingerprint density at radius 1 is 1.38 bits per heavy atom. The van der Waals surface area contributed by atoms with Crippen LogP contribution in [0.1, 0.15) is 39.5 Å². The van der Waals surface area contributed by atoms with Crippen LogP contribution in [-0.4, -0.2) is 53.1 Å². The van der Waals surface area contributed by atoms with E-state index in [0.29, 0.717) is 13.0 Å². The Morgan fingerprint density at radius 3 is 2.52 bits per heavy atom. The van der Waals surface area contributed by atoms with E-state index in [0.717, 1.165) is 17.7 Å². The van der Waals surface area contributed by atoms with Crippen molar-refractivity contribution in [2.75, 3.05) is 19.7 Å².